The Morgan fingerprint density at radius 2 is 1.81 bits per heavy atom. The van der Waals surface area contributed by atoms with Gasteiger partial charge in [-0.1, -0.05) is 12.1 Å². The molecule has 0 amide bonds. The van der Waals surface area contributed by atoms with Crippen LogP contribution in [0.3, 0.4) is 0 Å². The molecule has 1 aromatic heterocycles. The monoisotopic (exact) mass is 426 g/mol. The summed E-state index contributed by atoms with van der Waals surface area (Å²) in [6, 6.07) is 8.58. The van der Waals surface area contributed by atoms with Gasteiger partial charge in [-0.15, -0.1) is 0 Å². The van der Waals surface area contributed by atoms with Crippen molar-refractivity contribution in [2.75, 3.05) is 28.1 Å². The Balaban J connectivity index is 1.82. The van der Waals surface area contributed by atoms with Crippen LogP contribution in [0.2, 0.25) is 0 Å². The van der Waals surface area contributed by atoms with Gasteiger partial charge in [0.25, 0.3) is 0 Å². The van der Waals surface area contributed by atoms with E-state index in [2.05, 4.69) is 0 Å². The molecule has 9 heteroatoms. The lowest BCUT2D eigenvalue weighted by Gasteiger charge is -2.21. The fraction of sp³-hybridized carbons (Fsp3) is 0.273. The van der Waals surface area contributed by atoms with E-state index in [1.54, 1.807) is 30.3 Å². The van der Waals surface area contributed by atoms with Crippen molar-refractivity contribution in [3.05, 3.63) is 51.9 Å². The number of benzene rings is 2. The molecule has 0 N–H and O–H groups in total. The molecular formula is C22H18O9. The maximum Gasteiger partial charge on any atom is 0.348 e. The molecule has 2 atom stereocenters. The van der Waals surface area contributed by atoms with Gasteiger partial charge in [0.15, 0.2) is 11.5 Å². The van der Waals surface area contributed by atoms with Crippen LogP contribution in [0.5, 0.6) is 28.7 Å². The zero-order valence-electron chi connectivity index (χ0n) is 16.9. The van der Waals surface area contributed by atoms with Gasteiger partial charge < -0.3 is 32.8 Å². The summed E-state index contributed by atoms with van der Waals surface area (Å²) in [5, 5.41) is 0.570. The molecule has 2 aliphatic heterocycles. The summed E-state index contributed by atoms with van der Waals surface area (Å²) < 4.78 is 38.6. The van der Waals surface area contributed by atoms with Crippen molar-refractivity contribution >= 4 is 16.9 Å². The number of para-hydroxylation sites is 1. The summed E-state index contributed by atoms with van der Waals surface area (Å²) in [6.45, 7) is -0.0174. The summed E-state index contributed by atoms with van der Waals surface area (Å²) in [6.07, 6.45) is -1.15. The second-order valence-corrected chi connectivity index (χ2v) is 6.93. The lowest BCUT2D eigenvalue weighted by molar-refractivity contribution is -0.148. The molecule has 9 nitrogen and oxygen atoms in total. The van der Waals surface area contributed by atoms with Crippen LogP contribution in [0.15, 0.2) is 39.5 Å². The molecule has 0 bridgehead atoms. The van der Waals surface area contributed by atoms with Gasteiger partial charge in [0.2, 0.25) is 24.4 Å². The SMILES string of the molecule is COC(=O)C1Oc2c(c(=O)oc3ccccc23)C1c1cc(OC)c2c(c1OC)OCO2. The Morgan fingerprint density at radius 1 is 1.03 bits per heavy atom. The maximum absolute atomic E-state index is 13.0. The zero-order valence-corrected chi connectivity index (χ0v) is 16.9. The van der Waals surface area contributed by atoms with E-state index in [1.165, 1.54) is 21.3 Å². The highest BCUT2D eigenvalue weighted by atomic mass is 16.7. The maximum atomic E-state index is 13.0. The van der Waals surface area contributed by atoms with Crippen molar-refractivity contribution in [2.45, 2.75) is 12.0 Å². The number of ether oxygens (including phenoxy) is 6. The fourth-order valence-electron chi connectivity index (χ4n) is 4.12. The normalized spacial score (nSPS) is 18.4. The Kier molecular flexibility index (Phi) is 4.39. The third kappa shape index (κ3) is 2.69. The molecule has 2 unspecified atom stereocenters. The highest BCUT2D eigenvalue weighted by Gasteiger charge is 2.47. The topological polar surface area (TPSA) is 103 Å². The highest BCUT2D eigenvalue weighted by molar-refractivity contribution is 5.89. The summed E-state index contributed by atoms with van der Waals surface area (Å²) in [7, 11) is 4.19. The number of hydrogen-bond donors (Lipinski definition) is 0. The van der Waals surface area contributed by atoms with Crippen LogP contribution in [0.25, 0.3) is 11.0 Å². The van der Waals surface area contributed by atoms with E-state index in [-0.39, 0.29) is 18.1 Å². The first-order valence-electron chi connectivity index (χ1n) is 9.43. The van der Waals surface area contributed by atoms with Crippen LogP contribution in [0.4, 0.5) is 0 Å². The Bertz CT molecular complexity index is 1260. The molecule has 0 radical (unpaired) electrons. The second kappa shape index (κ2) is 7.12. The van der Waals surface area contributed by atoms with E-state index in [4.69, 9.17) is 32.8 Å². The smallest absolute Gasteiger partial charge is 0.348 e. The van der Waals surface area contributed by atoms with Crippen molar-refractivity contribution in [3.63, 3.8) is 0 Å². The predicted octanol–water partition coefficient (Wildman–Crippen LogP) is 2.60. The van der Waals surface area contributed by atoms with E-state index in [0.29, 0.717) is 39.5 Å². The predicted molar refractivity (Wildman–Crippen MR) is 106 cm³/mol. The van der Waals surface area contributed by atoms with Crippen LogP contribution in [0, 0.1) is 0 Å². The number of hydrogen-bond acceptors (Lipinski definition) is 9. The van der Waals surface area contributed by atoms with Crippen LogP contribution in [-0.4, -0.2) is 40.2 Å². The molecular weight excluding hydrogens is 408 g/mol. The average molecular weight is 426 g/mol. The van der Waals surface area contributed by atoms with Crippen molar-refractivity contribution in [1.82, 2.24) is 0 Å². The average Bonchev–Trinajstić information content (AvgIpc) is 3.43. The number of carbonyl (C=O) groups excluding carboxylic acids is 1. The Morgan fingerprint density at radius 3 is 2.55 bits per heavy atom. The third-order valence-corrected chi connectivity index (χ3v) is 5.44. The lowest BCUT2D eigenvalue weighted by atomic mass is 9.87. The first-order chi connectivity index (χ1) is 15.1. The molecule has 2 aromatic carbocycles. The molecule has 2 aliphatic rings. The van der Waals surface area contributed by atoms with E-state index >= 15 is 0 Å². The summed E-state index contributed by atoms with van der Waals surface area (Å²) in [5.41, 5.74) is 0.364. The lowest BCUT2D eigenvalue weighted by Crippen LogP contribution is -2.32. The molecule has 5 rings (SSSR count). The highest BCUT2D eigenvalue weighted by Crippen LogP contribution is 2.55. The molecule has 0 fully saturated rings. The summed E-state index contributed by atoms with van der Waals surface area (Å²) in [5.74, 6) is 0.0965. The Labute approximate surface area is 176 Å². The number of esters is 1. The second-order valence-electron chi connectivity index (χ2n) is 6.93. The first-order valence-corrected chi connectivity index (χ1v) is 9.43. The van der Waals surface area contributed by atoms with Crippen LogP contribution >= 0.6 is 0 Å². The minimum absolute atomic E-state index is 0.0174. The van der Waals surface area contributed by atoms with Gasteiger partial charge in [0, 0.05) is 5.56 Å². The minimum Gasteiger partial charge on any atom is -0.493 e. The third-order valence-electron chi connectivity index (χ3n) is 5.44. The number of fused-ring (bicyclic) bond motifs is 4. The minimum atomic E-state index is -1.15. The molecule has 160 valence electrons. The van der Waals surface area contributed by atoms with Crippen molar-refractivity contribution in [1.29, 1.82) is 0 Å². The van der Waals surface area contributed by atoms with E-state index < -0.39 is 23.6 Å². The van der Waals surface area contributed by atoms with Crippen molar-refractivity contribution in [3.8, 4) is 28.7 Å². The molecule has 31 heavy (non-hydrogen) atoms. The quantitative estimate of drug-likeness (QED) is 0.460. The van der Waals surface area contributed by atoms with Gasteiger partial charge in [0.1, 0.15) is 11.3 Å². The van der Waals surface area contributed by atoms with Crippen molar-refractivity contribution < 1.29 is 37.6 Å². The van der Waals surface area contributed by atoms with E-state index in [0.717, 1.165) is 0 Å². The molecule has 0 spiro atoms. The molecule has 3 aromatic rings. The van der Waals surface area contributed by atoms with Gasteiger partial charge in [-0.05, 0) is 18.2 Å². The molecule has 3 heterocycles. The standard InChI is InChI=1S/C22H18O9/c1-25-13-8-11(17(26-2)20-18(13)28-9-29-20)14-15-16(31-19(14)22(24)27-3)10-6-4-5-7-12(10)30-21(15)23/h4-8,14,19H,9H2,1-3H3. The zero-order chi connectivity index (χ0) is 21.7. The number of rotatable bonds is 4. The molecule has 0 aliphatic carbocycles. The van der Waals surface area contributed by atoms with Gasteiger partial charge in [-0.3, -0.25) is 0 Å². The first kappa shape index (κ1) is 19.1. The number of methoxy groups -OCH3 is 3. The number of carbonyl (C=O) groups is 1. The fourth-order valence-corrected chi connectivity index (χ4v) is 4.12. The van der Waals surface area contributed by atoms with Crippen molar-refractivity contribution in [2.24, 2.45) is 0 Å². The van der Waals surface area contributed by atoms with Gasteiger partial charge >= 0.3 is 11.6 Å². The van der Waals surface area contributed by atoms with Crippen LogP contribution in [-0.2, 0) is 9.53 Å². The van der Waals surface area contributed by atoms with Gasteiger partial charge in [-0.2, -0.15) is 0 Å². The summed E-state index contributed by atoms with van der Waals surface area (Å²) >= 11 is 0. The largest absolute Gasteiger partial charge is 0.493 e. The van der Waals surface area contributed by atoms with Gasteiger partial charge in [-0.25, -0.2) is 9.59 Å². The van der Waals surface area contributed by atoms with Gasteiger partial charge in [0.05, 0.1) is 38.2 Å². The van der Waals surface area contributed by atoms with Crippen LogP contribution in [0.1, 0.15) is 17.0 Å². The molecule has 0 saturated carbocycles. The molecule has 0 saturated heterocycles. The van der Waals surface area contributed by atoms with E-state index in [1.807, 2.05) is 0 Å². The van der Waals surface area contributed by atoms with E-state index in [9.17, 15) is 9.59 Å². The summed E-state index contributed by atoms with van der Waals surface area (Å²) in [4.78, 5) is 25.7. The Hall–Kier alpha value is -3.88. The van der Waals surface area contributed by atoms with Crippen LogP contribution < -0.4 is 29.3 Å².